The first-order valence-corrected chi connectivity index (χ1v) is 10.0. The Hall–Kier alpha value is -3.04. The van der Waals surface area contributed by atoms with Gasteiger partial charge in [-0.25, -0.2) is 18.1 Å². The number of aromatic nitrogens is 2. The summed E-state index contributed by atoms with van der Waals surface area (Å²) in [5, 5.41) is 11.1. The van der Waals surface area contributed by atoms with Crippen LogP contribution < -0.4 is 4.72 Å². The second kappa shape index (κ2) is 7.53. The molecule has 9 heteroatoms. The summed E-state index contributed by atoms with van der Waals surface area (Å²) in [6.45, 7) is 5.02. The number of nitrogens with one attached hydrogen (secondary N) is 1. The summed E-state index contributed by atoms with van der Waals surface area (Å²) in [4.78, 5) is 14.4. The van der Waals surface area contributed by atoms with E-state index in [2.05, 4.69) is 9.71 Å². The summed E-state index contributed by atoms with van der Waals surface area (Å²) in [7, 11) is -3.94. The molecule has 0 aliphatic carbocycles. The monoisotopic (exact) mass is 400 g/mol. The van der Waals surface area contributed by atoms with Crippen LogP contribution in [0.4, 0.5) is 5.69 Å². The first-order chi connectivity index (χ1) is 13.2. The predicted molar refractivity (Wildman–Crippen MR) is 105 cm³/mol. The van der Waals surface area contributed by atoms with Crippen LogP contribution in [0.1, 0.15) is 29.7 Å². The van der Waals surface area contributed by atoms with Crippen molar-refractivity contribution >= 4 is 15.7 Å². The Morgan fingerprint density at radius 3 is 2.43 bits per heavy atom. The molecule has 1 aromatic heterocycles. The molecule has 3 rings (SSSR count). The zero-order chi connectivity index (χ0) is 20.5. The predicted octanol–water partition coefficient (Wildman–Crippen LogP) is 3.44. The number of nitro groups is 1. The minimum Gasteiger partial charge on any atom is -0.306 e. The summed E-state index contributed by atoms with van der Waals surface area (Å²) in [5.41, 5.74) is 2.46. The zero-order valence-corrected chi connectivity index (χ0v) is 16.5. The van der Waals surface area contributed by atoms with E-state index in [0.29, 0.717) is 11.1 Å². The molecule has 8 nitrogen and oxygen atoms in total. The fraction of sp³-hybridized carbons (Fsp3) is 0.211. The molecule has 0 saturated carbocycles. The highest BCUT2D eigenvalue weighted by Crippen LogP contribution is 2.27. The Bertz CT molecular complexity index is 1110. The van der Waals surface area contributed by atoms with Crippen LogP contribution in [0.5, 0.6) is 0 Å². The van der Waals surface area contributed by atoms with Gasteiger partial charge in [-0.15, -0.1) is 0 Å². The SMILES string of the molecule is Cc1cc([N+](=O)[O-])cc(S(=O)(=O)N[C@H](C)c2ccc(-n3ccnc3)cc2)c1C. The number of non-ortho nitro benzene ring substituents is 1. The van der Waals surface area contributed by atoms with E-state index in [9.17, 15) is 18.5 Å². The van der Waals surface area contributed by atoms with E-state index in [0.717, 1.165) is 17.3 Å². The van der Waals surface area contributed by atoms with Crippen LogP contribution in [0, 0.1) is 24.0 Å². The van der Waals surface area contributed by atoms with E-state index in [1.54, 1.807) is 33.3 Å². The smallest absolute Gasteiger partial charge is 0.271 e. The van der Waals surface area contributed by atoms with Gasteiger partial charge in [-0.3, -0.25) is 10.1 Å². The Labute approximate surface area is 163 Å². The molecule has 0 aliphatic rings. The maximum absolute atomic E-state index is 12.9. The van der Waals surface area contributed by atoms with E-state index in [1.165, 1.54) is 6.07 Å². The van der Waals surface area contributed by atoms with Gasteiger partial charge in [-0.05, 0) is 49.6 Å². The minimum absolute atomic E-state index is 0.0823. The Balaban J connectivity index is 1.87. The van der Waals surface area contributed by atoms with Crippen molar-refractivity contribution in [3.8, 4) is 5.69 Å². The molecule has 28 heavy (non-hydrogen) atoms. The molecule has 0 spiro atoms. The van der Waals surface area contributed by atoms with E-state index in [1.807, 2.05) is 35.0 Å². The molecule has 146 valence electrons. The molecule has 0 amide bonds. The molecular formula is C19H20N4O4S. The normalized spacial score (nSPS) is 12.7. The van der Waals surface area contributed by atoms with Gasteiger partial charge in [0.2, 0.25) is 10.0 Å². The molecule has 3 aromatic rings. The van der Waals surface area contributed by atoms with E-state index in [4.69, 9.17) is 0 Å². The largest absolute Gasteiger partial charge is 0.306 e. The number of rotatable bonds is 6. The number of imidazole rings is 1. The highest BCUT2D eigenvalue weighted by molar-refractivity contribution is 7.89. The molecular weight excluding hydrogens is 380 g/mol. The van der Waals surface area contributed by atoms with Crippen molar-refractivity contribution in [2.24, 2.45) is 0 Å². The van der Waals surface area contributed by atoms with Gasteiger partial charge in [0.05, 0.1) is 16.1 Å². The second-order valence-electron chi connectivity index (χ2n) is 6.55. The van der Waals surface area contributed by atoms with E-state index >= 15 is 0 Å². The molecule has 0 saturated heterocycles. The van der Waals surface area contributed by atoms with Crippen molar-refractivity contribution in [3.63, 3.8) is 0 Å². The molecule has 0 radical (unpaired) electrons. The summed E-state index contributed by atoms with van der Waals surface area (Å²) in [6.07, 6.45) is 5.16. The second-order valence-corrected chi connectivity index (χ2v) is 8.23. The highest BCUT2D eigenvalue weighted by Gasteiger charge is 2.24. The van der Waals surface area contributed by atoms with Crippen LogP contribution in [0.15, 0.2) is 60.0 Å². The lowest BCUT2D eigenvalue weighted by molar-refractivity contribution is -0.385. The number of nitrogens with zero attached hydrogens (tertiary/aromatic N) is 3. The Kier molecular flexibility index (Phi) is 5.30. The average Bonchev–Trinajstić information content (AvgIpc) is 3.18. The first-order valence-electron chi connectivity index (χ1n) is 8.55. The minimum atomic E-state index is -3.94. The van der Waals surface area contributed by atoms with Gasteiger partial charge in [0.25, 0.3) is 5.69 Å². The van der Waals surface area contributed by atoms with Crippen LogP contribution in [0.3, 0.4) is 0 Å². The van der Waals surface area contributed by atoms with Crippen molar-refractivity contribution in [1.29, 1.82) is 0 Å². The highest BCUT2D eigenvalue weighted by atomic mass is 32.2. The molecule has 2 aromatic carbocycles. The molecule has 0 aliphatic heterocycles. The van der Waals surface area contributed by atoms with Gasteiger partial charge in [-0.2, -0.15) is 0 Å². The molecule has 0 unspecified atom stereocenters. The van der Waals surface area contributed by atoms with Gasteiger partial charge in [0.1, 0.15) is 0 Å². The van der Waals surface area contributed by atoms with Crippen molar-refractivity contribution in [2.45, 2.75) is 31.7 Å². The Morgan fingerprint density at radius 2 is 1.86 bits per heavy atom. The molecule has 0 fully saturated rings. The zero-order valence-electron chi connectivity index (χ0n) is 15.7. The van der Waals surface area contributed by atoms with Gasteiger partial charge in [0, 0.05) is 36.3 Å². The van der Waals surface area contributed by atoms with E-state index < -0.39 is 21.0 Å². The fourth-order valence-electron chi connectivity index (χ4n) is 2.90. The standard InChI is InChI=1S/C19H20N4O4S/c1-13-10-18(23(24)25)11-19(14(13)2)28(26,27)21-15(3)16-4-6-17(7-5-16)22-9-8-20-12-22/h4-12,15,21H,1-3H3/t15-/m1/s1. The quantitative estimate of drug-likeness (QED) is 0.504. The summed E-state index contributed by atoms with van der Waals surface area (Å²) >= 11 is 0. The third-order valence-corrected chi connectivity index (χ3v) is 6.30. The number of benzene rings is 2. The van der Waals surface area contributed by atoms with Crippen LogP contribution >= 0.6 is 0 Å². The molecule has 1 atom stereocenters. The topological polar surface area (TPSA) is 107 Å². The fourth-order valence-corrected chi connectivity index (χ4v) is 4.47. The average molecular weight is 400 g/mol. The van der Waals surface area contributed by atoms with Gasteiger partial charge >= 0.3 is 0 Å². The summed E-state index contributed by atoms with van der Waals surface area (Å²) < 4.78 is 30.2. The van der Waals surface area contributed by atoms with Crippen molar-refractivity contribution in [2.75, 3.05) is 0 Å². The van der Waals surface area contributed by atoms with Crippen molar-refractivity contribution in [3.05, 3.63) is 81.9 Å². The first kappa shape index (κ1) is 19.7. The van der Waals surface area contributed by atoms with Crippen LogP contribution in [0.2, 0.25) is 0 Å². The van der Waals surface area contributed by atoms with Gasteiger partial charge in [0.15, 0.2) is 0 Å². The van der Waals surface area contributed by atoms with Crippen LogP contribution in [0.25, 0.3) is 5.69 Å². The maximum atomic E-state index is 12.9. The van der Waals surface area contributed by atoms with Gasteiger partial charge in [-0.1, -0.05) is 12.1 Å². The lowest BCUT2D eigenvalue weighted by atomic mass is 10.1. The number of hydrogen-bond donors (Lipinski definition) is 1. The Morgan fingerprint density at radius 1 is 1.18 bits per heavy atom. The van der Waals surface area contributed by atoms with Crippen LogP contribution in [-0.2, 0) is 10.0 Å². The molecule has 1 heterocycles. The third-order valence-electron chi connectivity index (χ3n) is 4.63. The van der Waals surface area contributed by atoms with Crippen molar-refractivity contribution in [1.82, 2.24) is 14.3 Å². The number of nitro benzene ring substituents is 1. The molecule has 0 bridgehead atoms. The maximum Gasteiger partial charge on any atom is 0.271 e. The number of hydrogen-bond acceptors (Lipinski definition) is 5. The molecule has 1 N–H and O–H groups in total. The van der Waals surface area contributed by atoms with Gasteiger partial charge < -0.3 is 4.57 Å². The third kappa shape index (κ3) is 3.95. The van der Waals surface area contributed by atoms with E-state index in [-0.39, 0.29) is 10.6 Å². The lowest BCUT2D eigenvalue weighted by Gasteiger charge is -2.17. The number of sulfonamides is 1. The van der Waals surface area contributed by atoms with Crippen LogP contribution in [-0.4, -0.2) is 22.9 Å². The number of aryl methyl sites for hydroxylation is 1. The lowest BCUT2D eigenvalue weighted by Crippen LogP contribution is -2.27. The summed E-state index contributed by atoms with van der Waals surface area (Å²) in [5.74, 6) is 0. The van der Waals surface area contributed by atoms with Crippen molar-refractivity contribution < 1.29 is 13.3 Å². The summed E-state index contributed by atoms with van der Waals surface area (Å²) in [6, 6.07) is 9.34.